The number of nitrogens with zero attached hydrogens (tertiary/aromatic N) is 1. The molecule has 0 saturated carbocycles. The zero-order chi connectivity index (χ0) is 13.2. The second kappa shape index (κ2) is 5.05. The third kappa shape index (κ3) is 2.49. The van der Waals surface area contributed by atoms with Gasteiger partial charge in [0.05, 0.1) is 5.56 Å². The van der Waals surface area contributed by atoms with Gasteiger partial charge in [-0.15, -0.1) is 0 Å². The molecular weight excluding hydrogens is 306 g/mol. The number of phenolic OH excluding ortho intramolecular Hbond substituents is 1. The number of benzene rings is 2. The molecule has 1 aliphatic rings. The van der Waals surface area contributed by atoms with Gasteiger partial charge in [0.1, 0.15) is 18.4 Å². The van der Waals surface area contributed by atoms with E-state index < -0.39 is 0 Å². The van der Waals surface area contributed by atoms with Crippen molar-refractivity contribution in [1.82, 2.24) is 0 Å². The molecule has 0 bridgehead atoms. The van der Waals surface area contributed by atoms with E-state index >= 15 is 0 Å². The summed E-state index contributed by atoms with van der Waals surface area (Å²) in [5, 5.41) is 9.87. The maximum Gasteiger partial charge on any atom is 0.220 e. The van der Waals surface area contributed by atoms with Gasteiger partial charge in [-0.2, -0.15) is 0 Å². The van der Waals surface area contributed by atoms with E-state index in [-0.39, 0.29) is 11.8 Å². The summed E-state index contributed by atoms with van der Waals surface area (Å²) in [6.45, 7) is 0.505. The van der Waals surface area contributed by atoms with Crippen LogP contribution in [0.5, 0.6) is 5.75 Å². The fourth-order valence-corrected chi connectivity index (χ4v) is 2.41. The van der Waals surface area contributed by atoms with Crippen molar-refractivity contribution >= 4 is 21.8 Å². The summed E-state index contributed by atoms with van der Waals surface area (Å²) >= 11 is 3.38. The molecule has 3 rings (SSSR count). The van der Waals surface area contributed by atoms with Gasteiger partial charge in [-0.1, -0.05) is 46.3 Å². The summed E-state index contributed by atoms with van der Waals surface area (Å²) < 4.78 is 6.50. The highest BCUT2D eigenvalue weighted by Crippen LogP contribution is 2.29. The molecule has 3 nitrogen and oxygen atoms in total. The van der Waals surface area contributed by atoms with Crippen LogP contribution in [0, 0.1) is 0 Å². The van der Waals surface area contributed by atoms with Crippen LogP contribution >= 0.6 is 15.9 Å². The van der Waals surface area contributed by atoms with E-state index in [4.69, 9.17) is 4.74 Å². The van der Waals surface area contributed by atoms with Gasteiger partial charge in [-0.25, -0.2) is 4.99 Å². The van der Waals surface area contributed by atoms with Crippen LogP contribution in [0.25, 0.3) is 0 Å². The van der Waals surface area contributed by atoms with E-state index in [1.54, 1.807) is 12.1 Å². The number of ether oxygens (including phenoxy) is 1. The summed E-state index contributed by atoms with van der Waals surface area (Å²) in [5.74, 6) is 0.670. The Bertz CT molecular complexity index is 625. The number of hydrogen-bond acceptors (Lipinski definition) is 3. The Morgan fingerprint density at radius 1 is 1.16 bits per heavy atom. The number of aromatic hydroxyl groups is 1. The van der Waals surface area contributed by atoms with Crippen molar-refractivity contribution in [1.29, 1.82) is 0 Å². The van der Waals surface area contributed by atoms with Gasteiger partial charge in [0.2, 0.25) is 5.90 Å². The smallest absolute Gasteiger partial charge is 0.220 e. The van der Waals surface area contributed by atoms with Crippen LogP contribution in [0.2, 0.25) is 0 Å². The largest absolute Gasteiger partial charge is 0.507 e. The summed E-state index contributed by atoms with van der Waals surface area (Å²) in [4.78, 5) is 4.54. The molecule has 2 aromatic carbocycles. The lowest BCUT2D eigenvalue weighted by molar-refractivity contribution is 0.318. The molecule has 0 amide bonds. The second-order valence-electron chi connectivity index (χ2n) is 4.33. The Hall–Kier alpha value is -1.81. The minimum atomic E-state index is -0.00502. The summed E-state index contributed by atoms with van der Waals surface area (Å²) in [5.41, 5.74) is 1.74. The lowest BCUT2D eigenvalue weighted by Crippen LogP contribution is -2.01. The van der Waals surface area contributed by atoms with Crippen LogP contribution in [0.1, 0.15) is 17.2 Å². The highest BCUT2D eigenvalue weighted by molar-refractivity contribution is 9.10. The van der Waals surface area contributed by atoms with Gasteiger partial charge >= 0.3 is 0 Å². The van der Waals surface area contributed by atoms with Crippen LogP contribution in [-0.4, -0.2) is 17.6 Å². The molecule has 2 aromatic rings. The molecule has 1 atom stereocenters. The first-order chi connectivity index (χ1) is 9.24. The Morgan fingerprint density at radius 2 is 1.95 bits per heavy atom. The van der Waals surface area contributed by atoms with Crippen LogP contribution in [-0.2, 0) is 4.74 Å². The zero-order valence-corrected chi connectivity index (χ0v) is 11.7. The fourth-order valence-electron chi connectivity index (χ4n) is 2.05. The molecule has 0 aliphatic carbocycles. The molecule has 0 spiro atoms. The number of phenols is 1. The van der Waals surface area contributed by atoms with E-state index in [1.807, 2.05) is 36.4 Å². The Morgan fingerprint density at radius 3 is 2.74 bits per heavy atom. The molecule has 0 unspecified atom stereocenters. The van der Waals surface area contributed by atoms with Crippen molar-refractivity contribution < 1.29 is 9.84 Å². The minimum Gasteiger partial charge on any atom is -0.507 e. The van der Waals surface area contributed by atoms with Gasteiger partial charge in [-0.05, 0) is 23.8 Å². The minimum absolute atomic E-state index is 0.00502. The van der Waals surface area contributed by atoms with Crippen LogP contribution in [0.3, 0.4) is 0 Å². The van der Waals surface area contributed by atoms with E-state index in [1.165, 1.54) is 0 Å². The first kappa shape index (κ1) is 12.2. The summed E-state index contributed by atoms with van der Waals surface area (Å²) in [6, 6.07) is 15.2. The molecule has 1 heterocycles. The Kier molecular flexibility index (Phi) is 3.25. The predicted octanol–water partition coefficient (Wildman–Crippen LogP) is 3.67. The quantitative estimate of drug-likeness (QED) is 0.918. The highest BCUT2D eigenvalue weighted by atomic mass is 79.9. The Labute approximate surface area is 119 Å². The molecule has 1 N–H and O–H groups in total. The molecule has 96 valence electrons. The van der Waals surface area contributed by atoms with E-state index in [2.05, 4.69) is 20.9 Å². The normalized spacial score (nSPS) is 17.9. The van der Waals surface area contributed by atoms with Crippen LogP contribution in [0.4, 0.5) is 0 Å². The molecule has 1 aliphatic heterocycles. The Balaban J connectivity index is 1.93. The maximum absolute atomic E-state index is 9.87. The first-order valence-electron chi connectivity index (χ1n) is 5.98. The molecule has 0 fully saturated rings. The number of halogens is 1. The first-order valence-corrected chi connectivity index (χ1v) is 6.78. The third-order valence-electron chi connectivity index (χ3n) is 3.02. The molecular formula is C15H12BrNO2. The van der Waals surface area contributed by atoms with Gasteiger partial charge < -0.3 is 9.84 Å². The average Bonchev–Trinajstić information content (AvgIpc) is 2.92. The average molecular weight is 318 g/mol. The monoisotopic (exact) mass is 317 g/mol. The number of rotatable bonds is 2. The van der Waals surface area contributed by atoms with Crippen LogP contribution < -0.4 is 0 Å². The topological polar surface area (TPSA) is 41.8 Å². The number of hydrogen-bond donors (Lipinski definition) is 1. The summed E-state index contributed by atoms with van der Waals surface area (Å²) in [7, 11) is 0. The molecule has 4 heteroatoms. The highest BCUT2D eigenvalue weighted by Gasteiger charge is 2.23. The third-order valence-corrected chi connectivity index (χ3v) is 3.52. The van der Waals surface area contributed by atoms with Crippen LogP contribution in [0.15, 0.2) is 58.0 Å². The van der Waals surface area contributed by atoms with Crippen molar-refractivity contribution in [3.63, 3.8) is 0 Å². The van der Waals surface area contributed by atoms with Crippen molar-refractivity contribution in [3.05, 3.63) is 64.1 Å². The predicted molar refractivity (Wildman–Crippen MR) is 77.5 cm³/mol. The lowest BCUT2D eigenvalue weighted by atomic mass is 10.1. The van der Waals surface area contributed by atoms with Gasteiger partial charge in [0.25, 0.3) is 0 Å². The number of aliphatic imine (C=N–C) groups is 1. The van der Waals surface area contributed by atoms with E-state index in [9.17, 15) is 5.11 Å². The van der Waals surface area contributed by atoms with Crippen molar-refractivity contribution in [2.75, 3.05) is 6.61 Å². The standard InChI is InChI=1S/C15H12BrNO2/c16-11-6-7-14(18)12(8-11)15-17-13(9-19-15)10-4-2-1-3-5-10/h1-8,13,18H,9H2/t13-/m1/s1. The van der Waals surface area contributed by atoms with E-state index in [0.717, 1.165) is 10.0 Å². The van der Waals surface area contributed by atoms with Crippen molar-refractivity contribution in [2.45, 2.75) is 6.04 Å². The van der Waals surface area contributed by atoms with Gasteiger partial charge in [-0.3, -0.25) is 0 Å². The lowest BCUT2D eigenvalue weighted by Gasteiger charge is -2.04. The maximum atomic E-state index is 9.87. The van der Waals surface area contributed by atoms with Gasteiger partial charge in [0, 0.05) is 4.47 Å². The van der Waals surface area contributed by atoms with E-state index in [0.29, 0.717) is 18.1 Å². The molecule has 0 saturated heterocycles. The fraction of sp³-hybridized carbons (Fsp3) is 0.133. The second-order valence-corrected chi connectivity index (χ2v) is 5.25. The molecule has 0 radical (unpaired) electrons. The zero-order valence-electron chi connectivity index (χ0n) is 10.1. The summed E-state index contributed by atoms with van der Waals surface area (Å²) in [6.07, 6.45) is 0. The molecule has 0 aromatic heterocycles. The van der Waals surface area contributed by atoms with Gasteiger partial charge in [0.15, 0.2) is 0 Å². The van der Waals surface area contributed by atoms with Crippen molar-refractivity contribution in [3.8, 4) is 5.75 Å². The van der Waals surface area contributed by atoms with Crippen molar-refractivity contribution in [2.24, 2.45) is 4.99 Å². The SMILES string of the molecule is Oc1ccc(Br)cc1C1=N[C@@H](c2ccccc2)CO1. The molecule has 19 heavy (non-hydrogen) atoms.